The van der Waals surface area contributed by atoms with Gasteiger partial charge in [-0.05, 0) is 18.6 Å². The lowest BCUT2D eigenvalue weighted by molar-refractivity contribution is -0.140. The number of rotatable bonds is 6. The van der Waals surface area contributed by atoms with Crippen molar-refractivity contribution in [2.75, 3.05) is 13.7 Å². The molecule has 0 aromatic carbocycles. The van der Waals surface area contributed by atoms with Crippen molar-refractivity contribution >= 4 is 17.3 Å². The molecule has 0 saturated carbocycles. The molecule has 1 aromatic rings. The van der Waals surface area contributed by atoms with Crippen LogP contribution >= 0.6 is 11.3 Å². The molecule has 0 amide bonds. The number of carbonyl (C=O) groups is 1. The third kappa shape index (κ3) is 4.44. The number of nitrogens with one attached hydrogen (secondary N) is 1. The topological polar surface area (TPSA) is 38.3 Å². The molecule has 4 heteroatoms. The standard InChI is InChI=1S/C11H17NO2S/c1-3-9-4-5-10(15-9)8-12-7-6-11(13)14-2/h4-5,12H,3,6-8H2,1-2H3. The molecule has 0 fully saturated rings. The zero-order valence-electron chi connectivity index (χ0n) is 9.21. The summed E-state index contributed by atoms with van der Waals surface area (Å²) in [5, 5.41) is 3.21. The van der Waals surface area contributed by atoms with Crippen molar-refractivity contribution in [3.63, 3.8) is 0 Å². The van der Waals surface area contributed by atoms with Gasteiger partial charge in [-0.1, -0.05) is 6.92 Å². The van der Waals surface area contributed by atoms with Gasteiger partial charge in [0.15, 0.2) is 0 Å². The van der Waals surface area contributed by atoms with Crippen molar-refractivity contribution in [1.29, 1.82) is 0 Å². The van der Waals surface area contributed by atoms with Gasteiger partial charge in [0.05, 0.1) is 13.5 Å². The molecule has 0 bridgehead atoms. The molecule has 1 heterocycles. The van der Waals surface area contributed by atoms with Gasteiger partial charge in [0, 0.05) is 22.8 Å². The van der Waals surface area contributed by atoms with E-state index in [1.54, 1.807) is 0 Å². The summed E-state index contributed by atoms with van der Waals surface area (Å²) in [6.45, 7) is 3.66. The van der Waals surface area contributed by atoms with Gasteiger partial charge < -0.3 is 10.1 Å². The van der Waals surface area contributed by atoms with Crippen molar-refractivity contribution in [3.05, 3.63) is 21.9 Å². The Morgan fingerprint density at radius 2 is 2.20 bits per heavy atom. The third-order valence-electron chi connectivity index (χ3n) is 2.10. The summed E-state index contributed by atoms with van der Waals surface area (Å²) in [5.74, 6) is -0.164. The monoisotopic (exact) mass is 227 g/mol. The number of thiophene rings is 1. The minimum atomic E-state index is -0.164. The predicted octanol–water partition coefficient (Wildman–Crippen LogP) is 1.96. The third-order valence-corrected chi connectivity index (χ3v) is 3.33. The smallest absolute Gasteiger partial charge is 0.306 e. The lowest BCUT2D eigenvalue weighted by Gasteiger charge is -2.01. The molecule has 0 spiro atoms. The molecule has 1 N–H and O–H groups in total. The van der Waals surface area contributed by atoms with Gasteiger partial charge in [-0.2, -0.15) is 0 Å². The van der Waals surface area contributed by atoms with Gasteiger partial charge >= 0.3 is 5.97 Å². The number of hydrogen-bond donors (Lipinski definition) is 1. The molecule has 15 heavy (non-hydrogen) atoms. The van der Waals surface area contributed by atoms with E-state index >= 15 is 0 Å². The molecule has 0 aliphatic carbocycles. The van der Waals surface area contributed by atoms with E-state index in [4.69, 9.17) is 0 Å². The number of esters is 1. The normalized spacial score (nSPS) is 10.3. The van der Waals surface area contributed by atoms with E-state index in [9.17, 15) is 4.79 Å². The second kappa shape index (κ2) is 6.58. The quantitative estimate of drug-likeness (QED) is 0.596. The zero-order chi connectivity index (χ0) is 11.1. The second-order valence-electron chi connectivity index (χ2n) is 3.22. The summed E-state index contributed by atoms with van der Waals surface area (Å²) < 4.78 is 4.55. The summed E-state index contributed by atoms with van der Waals surface area (Å²) in [6, 6.07) is 4.29. The van der Waals surface area contributed by atoms with Crippen LogP contribution in [0.1, 0.15) is 23.1 Å². The maximum Gasteiger partial charge on any atom is 0.306 e. The molecule has 0 radical (unpaired) electrons. The fraction of sp³-hybridized carbons (Fsp3) is 0.545. The van der Waals surface area contributed by atoms with Crippen molar-refractivity contribution in [3.8, 4) is 0 Å². The van der Waals surface area contributed by atoms with Crippen LogP contribution in [0.15, 0.2) is 12.1 Å². The van der Waals surface area contributed by atoms with Gasteiger partial charge in [-0.15, -0.1) is 11.3 Å². The zero-order valence-corrected chi connectivity index (χ0v) is 10.0. The Labute approximate surface area is 94.5 Å². The van der Waals surface area contributed by atoms with Crippen molar-refractivity contribution in [1.82, 2.24) is 5.32 Å². The Hall–Kier alpha value is -0.870. The highest BCUT2D eigenvalue weighted by Gasteiger charge is 2.00. The number of aryl methyl sites for hydroxylation is 1. The van der Waals surface area contributed by atoms with E-state index in [2.05, 4.69) is 29.1 Å². The van der Waals surface area contributed by atoms with Crippen LogP contribution in [0.2, 0.25) is 0 Å². The fourth-order valence-corrected chi connectivity index (χ4v) is 2.14. The first-order chi connectivity index (χ1) is 7.26. The first-order valence-corrected chi connectivity index (χ1v) is 5.93. The van der Waals surface area contributed by atoms with Crippen LogP contribution in [0.5, 0.6) is 0 Å². The van der Waals surface area contributed by atoms with E-state index in [0.717, 1.165) is 13.0 Å². The van der Waals surface area contributed by atoms with Crippen LogP contribution in [0.3, 0.4) is 0 Å². The molecule has 0 saturated heterocycles. The average molecular weight is 227 g/mol. The molecule has 0 unspecified atom stereocenters. The van der Waals surface area contributed by atoms with Crippen LogP contribution in [0.4, 0.5) is 0 Å². The summed E-state index contributed by atoms with van der Waals surface area (Å²) in [7, 11) is 1.41. The molecule has 84 valence electrons. The average Bonchev–Trinajstić information content (AvgIpc) is 2.72. The van der Waals surface area contributed by atoms with Gasteiger partial charge in [0.25, 0.3) is 0 Å². The van der Waals surface area contributed by atoms with E-state index in [1.165, 1.54) is 16.9 Å². The molecule has 3 nitrogen and oxygen atoms in total. The molecule has 1 rings (SSSR count). The summed E-state index contributed by atoms with van der Waals surface area (Å²) in [5.41, 5.74) is 0. The van der Waals surface area contributed by atoms with Crippen LogP contribution in [0, 0.1) is 0 Å². The van der Waals surface area contributed by atoms with E-state index in [1.807, 2.05) is 11.3 Å². The highest BCUT2D eigenvalue weighted by Crippen LogP contribution is 2.16. The predicted molar refractivity (Wildman–Crippen MR) is 62.0 cm³/mol. The van der Waals surface area contributed by atoms with Gasteiger partial charge in [0.1, 0.15) is 0 Å². The fourth-order valence-electron chi connectivity index (χ4n) is 1.21. The first-order valence-electron chi connectivity index (χ1n) is 5.11. The maximum absolute atomic E-state index is 10.8. The Morgan fingerprint density at radius 1 is 1.47 bits per heavy atom. The number of methoxy groups -OCH3 is 1. The highest BCUT2D eigenvalue weighted by molar-refractivity contribution is 7.11. The number of hydrogen-bond acceptors (Lipinski definition) is 4. The summed E-state index contributed by atoms with van der Waals surface area (Å²) in [4.78, 5) is 13.5. The molecular formula is C11H17NO2S. The van der Waals surface area contributed by atoms with Crippen molar-refractivity contribution in [2.45, 2.75) is 26.3 Å². The van der Waals surface area contributed by atoms with E-state index < -0.39 is 0 Å². The highest BCUT2D eigenvalue weighted by atomic mass is 32.1. The molecular weight excluding hydrogens is 210 g/mol. The molecule has 0 aliphatic heterocycles. The van der Waals surface area contributed by atoms with Crippen LogP contribution < -0.4 is 5.32 Å². The number of ether oxygens (including phenoxy) is 1. The largest absolute Gasteiger partial charge is 0.469 e. The lowest BCUT2D eigenvalue weighted by atomic mass is 10.3. The Morgan fingerprint density at radius 3 is 2.80 bits per heavy atom. The van der Waals surface area contributed by atoms with Crippen LogP contribution in [-0.4, -0.2) is 19.6 Å². The van der Waals surface area contributed by atoms with Gasteiger partial charge in [0.2, 0.25) is 0 Å². The number of carbonyl (C=O) groups excluding carboxylic acids is 1. The SMILES string of the molecule is CCc1ccc(CNCCC(=O)OC)s1. The maximum atomic E-state index is 10.8. The lowest BCUT2D eigenvalue weighted by Crippen LogP contribution is -2.17. The molecule has 0 aliphatic rings. The minimum absolute atomic E-state index is 0.164. The van der Waals surface area contributed by atoms with Crippen molar-refractivity contribution in [2.24, 2.45) is 0 Å². The summed E-state index contributed by atoms with van der Waals surface area (Å²) >= 11 is 1.82. The van der Waals surface area contributed by atoms with E-state index in [0.29, 0.717) is 13.0 Å². The van der Waals surface area contributed by atoms with Crippen LogP contribution in [-0.2, 0) is 22.5 Å². The minimum Gasteiger partial charge on any atom is -0.469 e. The van der Waals surface area contributed by atoms with Crippen LogP contribution in [0.25, 0.3) is 0 Å². The van der Waals surface area contributed by atoms with Gasteiger partial charge in [-0.3, -0.25) is 4.79 Å². The molecule has 1 aromatic heterocycles. The van der Waals surface area contributed by atoms with E-state index in [-0.39, 0.29) is 5.97 Å². The van der Waals surface area contributed by atoms with Gasteiger partial charge in [-0.25, -0.2) is 0 Å². The Bertz CT molecular complexity index is 309. The summed E-state index contributed by atoms with van der Waals surface area (Å²) in [6.07, 6.45) is 1.52. The Kier molecular flexibility index (Phi) is 5.36. The first kappa shape index (κ1) is 12.2. The Balaban J connectivity index is 2.17. The molecule has 0 atom stereocenters. The van der Waals surface area contributed by atoms with Crippen molar-refractivity contribution < 1.29 is 9.53 Å². The second-order valence-corrected chi connectivity index (χ2v) is 4.48.